The highest BCUT2D eigenvalue weighted by Crippen LogP contribution is 2.31. The van der Waals surface area contributed by atoms with Crippen LogP contribution < -0.4 is 0 Å². The van der Waals surface area contributed by atoms with Crippen molar-refractivity contribution in [2.24, 2.45) is 0 Å². The fourth-order valence-corrected chi connectivity index (χ4v) is 3.37. The second-order valence-corrected chi connectivity index (χ2v) is 6.05. The van der Waals surface area contributed by atoms with E-state index in [9.17, 15) is 4.79 Å². The van der Waals surface area contributed by atoms with E-state index in [1.807, 2.05) is 29.3 Å². The maximum atomic E-state index is 12.4. The van der Waals surface area contributed by atoms with Crippen LogP contribution in [0.4, 0.5) is 0 Å². The number of hydrogen-bond donors (Lipinski definition) is 0. The van der Waals surface area contributed by atoms with Gasteiger partial charge in [0.05, 0.1) is 12.3 Å². The zero-order valence-electron chi connectivity index (χ0n) is 12.5. The Hall–Kier alpha value is -2.14. The average Bonchev–Trinajstić information content (AvgIpc) is 3.07. The maximum absolute atomic E-state index is 12.4. The molecule has 4 nitrogen and oxygen atoms in total. The van der Waals surface area contributed by atoms with E-state index in [1.165, 1.54) is 22.5 Å². The molecule has 2 heterocycles. The van der Waals surface area contributed by atoms with Crippen LogP contribution >= 0.6 is 11.3 Å². The zero-order chi connectivity index (χ0) is 15.5. The van der Waals surface area contributed by atoms with Crippen molar-refractivity contribution in [2.75, 3.05) is 6.61 Å². The molecule has 2 aromatic rings. The molecular formula is C17H18N2O2S. The lowest BCUT2D eigenvalue weighted by molar-refractivity contribution is -0.148. The molecule has 114 valence electrons. The Labute approximate surface area is 134 Å². The molecule has 1 unspecified atom stereocenters. The Morgan fingerprint density at radius 1 is 1.45 bits per heavy atom. The van der Waals surface area contributed by atoms with Gasteiger partial charge < -0.3 is 9.64 Å². The van der Waals surface area contributed by atoms with Gasteiger partial charge in [0.1, 0.15) is 11.0 Å². The van der Waals surface area contributed by atoms with E-state index in [1.54, 1.807) is 6.20 Å². The summed E-state index contributed by atoms with van der Waals surface area (Å²) in [5, 5.41) is 2.76. The van der Waals surface area contributed by atoms with Crippen molar-refractivity contribution in [3.05, 3.63) is 58.6 Å². The fourth-order valence-electron chi connectivity index (χ4n) is 2.74. The van der Waals surface area contributed by atoms with Gasteiger partial charge in [0.15, 0.2) is 0 Å². The van der Waals surface area contributed by atoms with Crippen molar-refractivity contribution in [3.63, 3.8) is 0 Å². The molecule has 1 aliphatic rings. The lowest BCUT2D eigenvalue weighted by atomic mass is 9.93. The van der Waals surface area contributed by atoms with Gasteiger partial charge in [-0.25, -0.2) is 9.78 Å². The van der Waals surface area contributed by atoms with Crippen molar-refractivity contribution in [2.45, 2.75) is 25.9 Å². The Balaban J connectivity index is 1.94. The van der Waals surface area contributed by atoms with E-state index in [4.69, 9.17) is 4.74 Å². The number of ether oxygens (including phenoxy) is 1. The number of benzene rings is 1. The van der Waals surface area contributed by atoms with Crippen molar-refractivity contribution >= 4 is 23.0 Å². The first kappa shape index (κ1) is 14.8. The summed E-state index contributed by atoms with van der Waals surface area (Å²) in [6.07, 6.45) is 2.39. The molecule has 0 fully saturated rings. The van der Waals surface area contributed by atoms with Gasteiger partial charge >= 0.3 is 5.97 Å². The first-order chi connectivity index (χ1) is 10.7. The summed E-state index contributed by atoms with van der Waals surface area (Å²) in [6.45, 7) is 7.01. The maximum Gasteiger partial charge on any atom is 0.329 e. The van der Waals surface area contributed by atoms with Gasteiger partial charge in [-0.15, -0.1) is 11.3 Å². The third kappa shape index (κ3) is 2.76. The molecule has 0 spiro atoms. The second-order valence-electron chi connectivity index (χ2n) is 5.15. The molecule has 1 aromatic carbocycles. The summed E-state index contributed by atoms with van der Waals surface area (Å²) in [5.74, 6) is -0.199. The highest BCUT2D eigenvalue weighted by Gasteiger charge is 2.34. The summed E-state index contributed by atoms with van der Waals surface area (Å²) in [6, 6.07) is 7.86. The lowest BCUT2D eigenvalue weighted by Crippen LogP contribution is -2.45. The molecule has 0 N–H and O–H groups in total. The first-order valence-corrected chi connectivity index (χ1v) is 8.17. The minimum absolute atomic E-state index is 0.199. The van der Waals surface area contributed by atoms with Gasteiger partial charge in [0.25, 0.3) is 0 Å². The largest absolute Gasteiger partial charge is 0.464 e. The van der Waals surface area contributed by atoms with E-state index >= 15 is 0 Å². The molecule has 0 saturated carbocycles. The molecular weight excluding hydrogens is 296 g/mol. The van der Waals surface area contributed by atoms with Crippen LogP contribution in [0.2, 0.25) is 0 Å². The molecule has 0 aliphatic carbocycles. The molecule has 22 heavy (non-hydrogen) atoms. The highest BCUT2D eigenvalue weighted by molar-refractivity contribution is 7.10. The topological polar surface area (TPSA) is 42.4 Å². The van der Waals surface area contributed by atoms with Gasteiger partial charge in [-0.2, -0.15) is 0 Å². The van der Waals surface area contributed by atoms with Crippen LogP contribution in [0.15, 0.2) is 42.4 Å². The number of thiazole rings is 1. The summed E-state index contributed by atoms with van der Waals surface area (Å²) < 4.78 is 5.26. The smallest absolute Gasteiger partial charge is 0.329 e. The molecule has 0 saturated heterocycles. The monoisotopic (exact) mass is 314 g/mol. The first-order valence-electron chi connectivity index (χ1n) is 7.29. The number of carbonyl (C=O) groups is 1. The normalized spacial score (nSPS) is 17.0. The number of esters is 1. The Morgan fingerprint density at radius 3 is 2.91 bits per heavy atom. The quantitative estimate of drug-likeness (QED) is 0.813. The van der Waals surface area contributed by atoms with Crippen LogP contribution in [-0.4, -0.2) is 28.5 Å². The van der Waals surface area contributed by atoms with E-state index < -0.39 is 0 Å². The average molecular weight is 314 g/mol. The van der Waals surface area contributed by atoms with Crippen molar-refractivity contribution in [1.82, 2.24) is 9.88 Å². The van der Waals surface area contributed by atoms with Crippen LogP contribution in [0.1, 0.15) is 23.1 Å². The number of carbonyl (C=O) groups excluding carboxylic acids is 1. The minimum Gasteiger partial charge on any atom is -0.464 e. The van der Waals surface area contributed by atoms with Gasteiger partial charge in [-0.05, 0) is 18.1 Å². The zero-order valence-corrected chi connectivity index (χ0v) is 13.3. The number of nitrogens with zero attached hydrogens (tertiary/aromatic N) is 2. The molecule has 1 aromatic heterocycles. The van der Waals surface area contributed by atoms with Gasteiger partial charge in [-0.1, -0.05) is 30.8 Å². The molecule has 0 bridgehead atoms. The van der Waals surface area contributed by atoms with E-state index in [0.717, 1.165) is 10.7 Å². The fraction of sp³-hybridized carbons (Fsp3) is 0.294. The van der Waals surface area contributed by atoms with Crippen LogP contribution in [0.25, 0.3) is 5.70 Å². The standard InChI is InChI=1S/C17H18N2O2S/c1-3-21-17(20)15-10-13-6-4-5-7-14(13)11-19(15)12(2)16-18-8-9-22-16/h4-9,15H,2-3,10-11H2,1H3. The summed E-state index contributed by atoms with van der Waals surface area (Å²) in [5.41, 5.74) is 3.20. The number of hydrogen-bond acceptors (Lipinski definition) is 5. The lowest BCUT2D eigenvalue weighted by Gasteiger charge is -2.37. The molecule has 1 atom stereocenters. The van der Waals surface area contributed by atoms with Crippen molar-refractivity contribution < 1.29 is 9.53 Å². The molecule has 0 amide bonds. The van der Waals surface area contributed by atoms with Crippen molar-refractivity contribution in [3.8, 4) is 0 Å². The molecule has 5 heteroatoms. The van der Waals surface area contributed by atoms with Gasteiger partial charge in [0, 0.05) is 24.5 Å². The summed E-state index contributed by atoms with van der Waals surface area (Å²) >= 11 is 1.53. The minimum atomic E-state index is -0.341. The van der Waals surface area contributed by atoms with Crippen LogP contribution in [-0.2, 0) is 22.5 Å². The van der Waals surface area contributed by atoms with Crippen LogP contribution in [0.5, 0.6) is 0 Å². The number of fused-ring (bicyclic) bond motifs is 1. The summed E-state index contributed by atoms with van der Waals surface area (Å²) in [4.78, 5) is 18.7. The SMILES string of the molecule is C=C(c1nccs1)N1Cc2ccccc2CC1C(=O)OCC. The Bertz CT molecular complexity index is 682. The predicted octanol–water partition coefficient (Wildman–Crippen LogP) is 3.10. The van der Waals surface area contributed by atoms with Crippen LogP contribution in [0, 0.1) is 0 Å². The van der Waals surface area contributed by atoms with Gasteiger partial charge in [0.2, 0.25) is 0 Å². The predicted molar refractivity (Wildman–Crippen MR) is 87.3 cm³/mol. The van der Waals surface area contributed by atoms with Gasteiger partial charge in [-0.3, -0.25) is 0 Å². The third-order valence-corrected chi connectivity index (χ3v) is 4.66. The highest BCUT2D eigenvalue weighted by atomic mass is 32.1. The molecule has 3 rings (SSSR count). The van der Waals surface area contributed by atoms with E-state index in [-0.39, 0.29) is 12.0 Å². The molecule has 1 aliphatic heterocycles. The van der Waals surface area contributed by atoms with Crippen LogP contribution in [0.3, 0.4) is 0 Å². The Morgan fingerprint density at radius 2 is 2.23 bits per heavy atom. The van der Waals surface area contributed by atoms with E-state index in [2.05, 4.69) is 23.7 Å². The Kier molecular flexibility index (Phi) is 4.24. The summed E-state index contributed by atoms with van der Waals surface area (Å²) in [7, 11) is 0. The number of aromatic nitrogens is 1. The third-order valence-electron chi connectivity index (χ3n) is 3.83. The number of rotatable bonds is 4. The second kappa shape index (κ2) is 6.32. The van der Waals surface area contributed by atoms with E-state index in [0.29, 0.717) is 19.6 Å². The van der Waals surface area contributed by atoms with Crippen molar-refractivity contribution in [1.29, 1.82) is 0 Å². The molecule has 0 radical (unpaired) electrons.